The molecule has 4 atom stereocenters. The first-order chi connectivity index (χ1) is 33.3. The molecular formula is C49H51ClF6N8O7. The number of fused-ring (bicyclic) bond motifs is 6. The van der Waals surface area contributed by atoms with E-state index in [1.54, 1.807) is 0 Å². The lowest BCUT2D eigenvalue weighted by atomic mass is 9.82. The standard InChI is InChI=1S/C49H51ClF6N8O7/c1-44(2,48(51,52)53)35(60-42(67)69-5)40(65)63-21-46(11-12-46)18-30(63)38-57-29-10-8-23-16-28-26-9-7-24(15-25(26)20-71-32(28)17-27(23)34(29)59-38)33-37(50)62-39(58-33)31-19-47(13-14-47)22-64(31)41(66)36(61-43(68)70-6)45(3,4)49(54,55)56/h7-10,15-17,30-31,35-36H,11-14,18-22H2,1-6H3,(H,57,59)(H,58,62)(H,60,67)(H,61,68)/t30-,31-,35+,36+/m0/s1. The predicted octanol–water partition coefficient (Wildman–Crippen LogP) is 10.1. The molecule has 22 heteroatoms. The van der Waals surface area contributed by atoms with E-state index in [9.17, 15) is 45.5 Å². The first kappa shape index (κ1) is 48.4. The topological polar surface area (TPSA) is 184 Å². The van der Waals surface area contributed by atoms with Gasteiger partial charge in [-0.1, -0.05) is 29.8 Å². The van der Waals surface area contributed by atoms with Crippen LogP contribution in [0.1, 0.15) is 95.5 Å². The third-order valence-electron chi connectivity index (χ3n) is 15.8. The third-order valence-corrected chi connectivity index (χ3v) is 16.0. The summed E-state index contributed by atoms with van der Waals surface area (Å²) in [7, 11) is 2.03. The zero-order valence-electron chi connectivity index (χ0n) is 39.5. The van der Waals surface area contributed by atoms with E-state index in [1.165, 1.54) is 9.80 Å². The molecule has 71 heavy (non-hydrogen) atoms. The minimum atomic E-state index is -4.85. The molecule has 15 nitrogen and oxygen atoms in total. The Balaban J connectivity index is 0.932. The number of carbonyl (C=O) groups excluding carboxylic acids is 4. The summed E-state index contributed by atoms with van der Waals surface area (Å²) in [5.74, 6) is -0.508. The minimum absolute atomic E-state index is 0.0928. The van der Waals surface area contributed by atoms with Crippen LogP contribution in [0.15, 0.2) is 42.5 Å². The lowest BCUT2D eigenvalue weighted by Crippen LogP contribution is -2.60. The number of H-pyrrole nitrogens is 2. The van der Waals surface area contributed by atoms with Crippen LogP contribution >= 0.6 is 11.6 Å². The molecule has 0 bridgehead atoms. The summed E-state index contributed by atoms with van der Waals surface area (Å²) in [6, 6.07) is 7.89. The van der Waals surface area contributed by atoms with Gasteiger partial charge in [0.2, 0.25) is 11.8 Å². The van der Waals surface area contributed by atoms with Crippen LogP contribution in [0.25, 0.3) is 44.2 Å². The number of nitrogens with one attached hydrogen (secondary N) is 4. The summed E-state index contributed by atoms with van der Waals surface area (Å²) in [6.45, 7) is 4.04. The second-order valence-corrected chi connectivity index (χ2v) is 21.4. The number of hydrogen-bond donors (Lipinski definition) is 4. The van der Waals surface area contributed by atoms with Gasteiger partial charge >= 0.3 is 24.5 Å². The molecular weight excluding hydrogens is 962 g/mol. The number of hydrogen-bond acceptors (Lipinski definition) is 9. The fourth-order valence-corrected chi connectivity index (χ4v) is 10.8. The number of likely N-dealkylation sites (tertiary alicyclic amines) is 2. The second kappa shape index (κ2) is 16.4. The van der Waals surface area contributed by atoms with Crippen molar-refractivity contribution in [3.8, 4) is 28.1 Å². The number of imidazole rings is 2. The monoisotopic (exact) mass is 1010 g/mol. The highest BCUT2D eigenvalue weighted by atomic mass is 35.5. The van der Waals surface area contributed by atoms with E-state index in [0.717, 1.165) is 95.1 Å². The van der Waals surface area contributed by atoms with Crippen LogP contribution in [0.3, 0.4) is 0 Å². The quantitative estimate of drug-likeness (QED) is 0.104. The molecule has 2 aliphatic carbocycles. The highest BCUT2D eigenvalue weighted by Crippen LogP contribution is 2.60. The molecule has 4 N–H and O–H groups in total. The summed E-state index contributed by atoms with van der Waals surface area (Å²) in [6.07, 6.45) is -7.94. The Morgan fingerprint density at radius 3 is 1.79 bits per heavy atom. The molecule has 3 aliphatic heterocycles. The number of alkyl carbamates (subject to hydrolysis) is 2. The van der Waals surface area contributed by atoms with E-state index in [1.807, 2.05) is 42.5 Å². The molecule has 4 amide bonds. The van der Waals surface area contributed by atoms with Crippen molar-refractivity contribution in [2.45, 2.75) is 109 Å². The van der Waals surface area contributed by atoms with Crippen molar-refractivity contribution in [2.24, 2.45) is 21.7 Å². The van der Waals surface area contributed by atoms with Crippen LogP contribution in [-0.2, 0) is 25.7 Å². The van der Waals surface area contributed by atoms with Crippen LogP contribution in [0, 0.1) is 21.7 Å². The number of alkyl halides is 6. The van der Waals surface area contributed by atoms with Gasteiger partial charge < -0.3 is 44.6 Å². The molecule has 3 aromatic carbocycles. The highest BCUT2D eigenvalue weighted by molar-refractivity contribution is 6.32. The minimum Gasteiger partial charge on any atom is -0.488 e. The molecule has 0 unspecified atom stereocenters. The molecule has 5 aromatic rings. The maximum absolute atomic E-state index is 14.4. The van der Waals surface area contributed by atoms with Gasteiger partial charge in [-0.3, -0.25) is 9.59 Å². The van der Waals surface area contributed by atoms with Gasteiger partial charge in [-0.05, 0) is 118 Å². The molecule has 378 valence electrons. The van der Waals surface area contributed by atoms with Crippen LogP contribution in [-0.4, -0.2) is 105 Å². The predicted molar refractivity (Wildman–Crippen MR) is 246 cm³/mol. The van der Waals surface area contributed by atoms with E-state index in [-0.39, 0.29) is 35.7 Å². The average Bonchev–Trinajstić information content (AvgIpc) is 3.98. The summed E-state index contributed by atoms with van der Waals surface area (Å²) in [4.78, 5) is 72.0. The Kier molecular flexibility index (Phi) is 11.2. The van der Waals surface area contributed by atoms with Crippen molar-refractivity contribution in [3.05, 3.63) is 64.8 Å². The van der Waals surface area contributed by atoms with E-state index < -0.39 is 71.4 Å². The maximum atomic E-state index is 14.4. The molecule has 2 saturated heterocycles. The van der Waals surface area contributed by atoms with Crippen LogP contribution in [0.5, 0.6) is 5.75 Å². The van der Waals surface area contributed by atoms with Gasteiger partial charge in [0.05, 0.1) is 53.9 Å². The van der Waals surface area contributed by atoms with E-state index in [2.05, 4.69) is 35.1 Å². The number of nitrogens with zero attached hydrogens (tertiary/aromatic N) is 4. The molecule has 5 heterocycles. The van der Waals surface area contributed by atoms with Crippen molar-refractivity contribution in [1.29, 1.82) is 0 Å². The van der Waals surface area contributed by atoms with E-state index in [0.29, 0.717) is 52.5 Å². The summed E-state index contributed by atoms with van der Waals surface area (Å²) >= 11 is 6.80. The van der Waals surface area contributed by atoms with Crippen molar-refractivity contribution in [1.82, 2.24) is 40.4 Å². The van der Waals surface area contributed by atoms with Crippen LogP contribution in [0.4, 0.5) is 35.9 Å². The first-order valence-corrected chi connectivity index (χ1v) is 23.6. The van der Waals surface area contributed by atoms with Crippen LogP contribution < -0.4 is 15.4 Å². The largest absolute Gasteiger partial charge is 0.488 e. The molecule has 2 spiro atoms. The van der Waals surface area contributed by atoms with Crippen molar-refractivity contribution in [3.63, 3.8) is 0 Å². The Labute approximate surface area is 407 Å². The van der Waals surface area contributed by atoms with Crippen molar-refractivity contribution in [2.75, 3.05) is 27.3 Å². The maximum Gasteiger partial charge on any atom is 0.407 e. The Hall–Kier alpha value is -6.25. The third kappa shape index (κ3) is 8.15. The zero-order chi connectivity index (χ0) is 51.0. The van der Waals surface area contributed by atoms with Gasteiger partial charge in [0.1, 0.15) is 36.1 Å². The van der Waals surface area contributed by atoms with Gasteiger partial charge in [-0.25, -0.2) is 19.6 Å². The summed E-state index contributed by atoms with van der Waals surface area (Å²) in [5.41, 5.74) is -1.04. The summed E-state index contributed by atoms with van der Waals surface area (Å²) in [5, 5.41) is 6.00. The number of carbonyl (C=O) groups is 4. The van der Waals surface area contributed by atoms with E-state index >= 15 is 0 Å². The Morgan fingerprint density at radius 1 is 0.746 bits per heavy atom. The molecule has 2 saturated carbocycles. The zero-order valence-corrected chi connectivity index (χ0v) is 40.3. The van der Waals surface area contributed by atoms with Gasteiger partial charge in [-0.15, -0.1) is 0 Å². The fraction of sp³-hybridized carbons (Fsp3) is 0.510. The average molecular weight is 1010 g/mol. The Morgan fingerprint density at radius 2 is 1.28 bits per heavy atom. The number of halogens is 7. The van der Waals surface area contributed by atoms with E-state index in [4.69, 9.17) is 21.3 Å². The number of amides is 4. The molecule has 0 radical (unpaired) electrons. The highest BCUT2D eigenvalue weighted by Gasteiger charge is 2.62. The molecule has 2 aromatic heterocycles. The van der Waals surface area contributed by atoms with Gasteiger partial charge in [-0.2, -0.15) is 26.3 Å². The lowest BCUT2D eigenvalue weighted by molar-refractivity contribution is -0.222. The van der Waals surface area contributed by atoms with Crippen molar-refractivity contribution >= 4 is 57.4 Å². The first-order valence-electron chi connectivity index (χ1n) is 23.2. The molecule has 10 rings (SSSR count). The molecule has 5 aliphatic rings. The van der Waals surface area contributed by atoms with Gasteiger partial charge in [0.25, 0.3) is 0 Å². The van der Waals surface area contributed by atoms with Crippen LogP contribution in [0.2, 0.25) is 5.15 Å². The SMILES string of the molecule is COC(=O)N[C@H](C(=O)N1CC2(CC2)C[C@H]1c1nc(Cl)c(-c2ccc3c(c2)COc2cc4c(ccc5nc([C@@H]6CC7(CC7)CN6C(=O)[C@@H](NC(=O)OC)C(C)(C)C(F)(F)F)[nH]c54)cc2-3)[nH]1)C(C)(C)C(F)(F)F. The molecule has 4 fully saturated rings. The summed E-state index contributed by atoms with van der Waals surface area (Å²) < 4.78 is 102. The van der Waals surface area contributed by atoms with Crippen molar-refractivity contribution < 1.29 is 59.7 Å². The number of benzene rings is 3. The lowest BCUT2D eigenvalue weighted by Gasteiger charge is -2.38. The fourth-order valence-electron chi connectivity index (χ4n) is 10.6. The smallest absolute Gasteiger partial charge is 0.407 e. The van der Waals surface area contributed by atoms with Gasteiger partial charge in [0, 0.05) is 29.6 Å². The number of methoxy groups -OCH3 is 2. The number of ether oxygens (including phenoxy) is 3. The second-order valence-electron chi connectivity index (χ2n) is 21.0. The number of aromatic amines is 2. The Bertz CT molecular complexity index is 3030. The number of rotatable bonds is 9. The van der Waals surface area contributed by atoms with Gasteiger partial charge in [0.15, 0.2) is 5.15 Å². The normalized spacial score (nSPS) is 20.9. The number of aromatic nitrogens is 4.